The Bertz CT molecular complexity index is 912. The van der Waals surface area contributed by atoms with Crippen LogP contribution in [-0.4, -0.2) is 15.5 Å². The fourth-order valence-electron chi connectivity index (χ4n) is 2.28. The summed E-state index contributed by atoms with van der Waals surface area (Å²) in [6, 6.07) is 10.9. The first-order valence-electron chi connectivity index (χ1n) is 6.84. The molecule has 4 nitrogen and oxygen atoms in total. The van der Waals surface area contributed by atoms with Crippen molar-refractivity contribution in [1.29, 1.82) is 0 Å². The molecule has 3 rings (SSSR count). The minimum atomic E-state index is -2.80. The second-order valence-electron chi connectivity index (χ2n) is 4.84. The van der Waals surface area contributed by atoms with Crippen molar-refractivity contribution in [2.75, 3.05) is 0 Å². The smallest absolute Gasteiger partial charge is 0.340 e. The number of aromatic nitrogens is 2. The highest BCUT2D eigenvalue weighted by atomic mass is 35.5. The van der Waals surface area contributed by atoms with E-state index >= 15 is 0 Å². The molecule has 0 amide bonds. The van der Waals surface area contributed by atoms with Gasteiger partial charge in [0.25, 0.3) is 0 Å². The minimum Gasteiger partial charge on any atom is -0.454 e. The van der Waals surface area contributed by atoms with Crippen molar-refractivity contribution in [3.8, 4) is 0 Å². The van der Waals surface area contributed by atoms with Crippen LogP contribution in [0.5, 0.6) is 0 Å². The van der Waals surface area contributed by atoms with Crippen LogP contribution >= 0.6 is 23.2 Å². The number of rotatable bonds is 4. The zero-order chi connectivity index (χ0) is 17.3. The monoisotopic (exact) mass is 370 g/mol. The van der Waals surface area contributed by atoms with Gasteiger partial charge in [0.1, 0.15) is 6.61 Å². The van der Waals surface area contributed by atoms with Crippen molar-refractivity contribution in [1.82, 2.24) is 9.55 Å². The maximum Gasteiger partial charge on any atom is 0.340 e. The molecule has 0 bridgehead atoms. The van der Waals surface area contributed by atoms with E-state index in [0.29, 0.717) is 5.52 Å². The van der Waals surface area contributed by atoms with Gasteiger partial charge in [-0.05, 0) is 24.3 Å². The summed E-state index contributed by atoms with van der Waals surface area (Å²) in [5.74, 6) is -0.826. The number of carbonyl (C=O) groups excluding carboxylic acids is 1. The summed E-state index contributed by atoms with van der Waals surface area (Å²) in [5.41, 5.74) is 0.716. The van der Waals surface area contributed by atoms with Crippen molar-refractivity contribution in [2.24, 2.45) is 0 Å². The van der Waals surface area contributed by atoms with Crippen molar-refractivity contribution >= 4 is 40.2 Å². The number of benzene rings is 2. The Morgan fingerprint density at radius 3 is 2.67 bits per heavy atom. The van der Waals surface area contributed by atoms with Crippen LogP contribution in [0.25, 0.3) is 11.0 Å². The van der Waals surface area contributed by atoms with Crippen LogP contribution in [0.15, 0.2) is 42.5 Å². The van der Waals surface area contributed by atoms with Crippen molar-refractivity contribution in [2.45, 2.75) is 13.2 Å². The summed E-state index contributed by atoms with van der Waals surface area (Å²) in [7, 11) is 0. The standard InChI is InChI=1S/C16H10Cl2F2N2O2/c17-10-5-3-4-9(14(10)18)15(23)24-8-13-21-11-6-1-2-7-12(11)22(13)16(19)20/h1-7,16H,8H2. The molecule has 0 saturated carbocycles. The molecule has 3 aromatic rings. The molecule has 0 aliphatic heterocycles. The van der Waals surface area contributed by atoms with Crippen LogP contribution in [0.4, 0.5) is 8.78 Å². The van der Waals surface area contributed by atoms with Crippen LogP contribution in [0.1, 0.15) is 22.7 Å². The predicted molar refractivity (Wildman–Crippen MR) is 86.6 cm³/mol. The van der Waals surface area contributed by atoms with Gasteiger partial charge < -0.3 is 4.74 Å². The number of ether oxygens (including phenoxy) is 1. The van der Waals surface area contributed by atoms with Gasteiger partial charge in [-0.3, -0.25) is 4.57 Å². The van der Waals surface area contributed by atoms with Crippen molar-refractivity contribution in [3.63, 3.8) is 0 Å². The Morgan fingerprint density at radius 2 is 1.92 bits per heavy atom. The highest BCUT2D eigenvalue weighted by Gasteiger charge is 2.20. The summed E-state index contributed by atoms with van der Waals surface area (Å²) in [6.07, 6.45) is 0. The molecule has 1 aromatic heterocycles. The Kier molecular flexibility index (Phi) is 4.69. The molecule has 0 saturated heterocycles. The molecule has 8 heteroatoms. The molecular formula is C16H10Cl2F2N2O2. The molecular weight excluding hydrogens is 361 g/mol. The Labute approximate surface area is 145 Å². The molecule has 0 radical (unpaired) electrons. The van der Waals surface area contributed by atoms with E-state index in [-0.39, 0.29) is 26.9 Å². The molecule has 24 heavy (non-hydrogen) atoms. The molecule has 0 aliphatic rings. The van der Waals surface area contributed by atoms with E-state index < -0.39 is 19.1 Å². The molecule has 124 valence electrons. The van der Waals surface area contributed by atoms with Crippen molar-refractivity contribution in [3.05, 3.63) is 63.9 Å². The van der Waals surface area contributed by atoms with Crippen LogP contribution in [0, 0.1) is 0 Å². The zero-order valence-electron chi connectivity index (χ0n) is 12.0. The molecule has 0 unspecified atom stereocenters. The number of carbonyl (C=O) groups is 1. The van der Waals surface area contributed by atoms with Crippen LogP contribution < -0.4 is 0 Å². The predicted octanol–water partition coefficient (Wildman–Crippen LogP) is 5.10. The summed E-state index contributed by atoms with van der Waals surface area (Å²) < 4.78 is 32.4. The van der Waals surface area contributed by atoms with E-state index in [1.807, 2.05) is 0 Å². The summed E-state index contributed by atoms with van der Waals surface area (Å²) in [5, 5.41) is 0.248. The third-order valence-electron chi connectivity index (χ3n) is 3.37. The van der Waals surface area contributed by atoms with E-state index in [0.717, 1.165) is 4.57 Å². The van der Waals surface area contributed by atoms with E-state index in [1.54, 1.807) is 24.3 Å². The van der Waals surface area contributed by atoms with Gasteiger partial charge in [0.05, 0.1) is 26.6 Å². The fraction of sp³-hybridized carbons (Fsp3) is 0.125. The average molecular weight is 371 g/mol. The largest absolute Gasteiger partial charge is 0.454 e. The minimum absolute atomic E-state index is 0.0477. The third kappa shape index (κ3) is 3.07. The fourth-order valence-corrected chi connectivity index (χ4v) is 2.66. The normalized spacial score (nSPS) is 11.2. The van der Waals surface area contributed by atoms with Gasteiger partial charge in [-0.1, -0.05) is 41.4 Å². The summed E-state index contributed by atoms with van der Waals surface area (Å²) in [6.45, 7) is -3.22. The van der Waals surface area contributed by atoms with Gasteiger partial charge in [-0.25, -0.2) is 9.78 Å². The van der Waals surface area contributed by atoms with Crippen LogP contribution in [-0.2, 0) is 11.3 Å². The number of hydrogen-bond acceptors (Lipinski definition) is 3. The first kappa shape index (κ1) is 16.7. The molecule has 0 fully saturated rings. The Morgan fingerprint density at radius 1 is 1.17 bits per heavy atom. The molecule has 0 aliphatic carbocycles. The lowest BCUT2D eigenvalue weighted by atomic mass is 10.2. The van der Waals surface area contributed by atoms with E-state index in [9.17, 15) is 13.6 Å². The second kappa shape index (κ2) is 6.75. The number of halogens is 4. The lowest BCUT2D eigenvalue weighted by Gasteiger charge is -2.09. The lowest BCUT2D eigenvalue weighted by Crippen LogP contribution is -2.11. The van der Waals surface area contributed by atoms with Gasteiger partial charge in [-0.2, -0.15) is 8.78 Å². The molecule has 0 atom stereocenters. The maximum absolute atomic E-state index is 13.3. The van der Waals surface area contributed by atoms with Crippen LogP contribution in [0.2, 0.25) is 10.0 Å². The lowest BCUT2D eigenvalue weighted by molar-refractivity contribution is 0.0387. The Hall–Kier alpha value is -2.18. The summed E-state index contributed by atoms with van der Waals surface area (Å²) >= 11 is 11.8. The van der Waals surface area contributed by atoms with Crippen LogP contribution in [0.3, 0.4) is 0 Å². The van der Waals surface area contributed by atoms with Gasteiger partial charge in [0.2, 0.25) is 0 Å². The van der Waals surface area contributed by atoms with Crippen molar-refractivity contribution < 1.29 is 18.3 Å². The third-order valence-corrected chi connectivity index (χ3v) is 4.19. The Balaban J connectivity index is 1.87. The van der Waals surface area contributed by atoms with Gasteiger partial charge >= 0.3 is 12.5 Å². The number of hydrogen-bond donors (Lipinski definition) is 0. The van der Waals surface area contributed by atoms with Gasteiger partial charge in [-0.15, -0.1) is 0 Å². The number of imidazole rings is 1. The maximum atomic E-state index is 13.3. The number of alkyl halides is 2. The molecule has 0 N–H and O–H groups in total. The van der Waals surface area contributed by atoms with E-state index in [1.165, 1.54) is 18.2 Å². The van der Waals surface area contributed by atoms with Gasteiger partial charge in [0, 0.05) is 0 Å². The van der Waals surface area contributed by atoms with E-state index in [4.69, 9.17) is 27.9 Å². The van der Waals surface area contributed by atoms with E-state index in [2.05, 4.69) is 4.98 Å². The second-order valence-corrected chi connectivity index (χ2v) is 5.63. The summed E-state index contributed by atoms with van der Waals surface area (Å²) in [4.78, 5) is 16.2. The first-order valence-corrected chi connectivity index (χ1v) is 7.59. The topological polar surface area (TPSA) is 44.1 Å². The number of fused-ring (bicyclic) bond motifs is 1. The molecule has 1 heterocycles. The highest BCUT2D eigenvalue weighted by Crippen LogP contribution is 2.27. The first-order chi connectivity index (χ1) is 11.5. The number of esters is 1. The SMILES string of the molecule is O=C(OCc1nc2ccccc2n1C(F)F)c1cccc(Cl)c1Cl. The van der Waals surface area contributed by atoms with Gasteiger partial charge in [0.15, 0.2) is 5.82 Å². The molecule has 0 spiro atoms. The quantitative estimate of drug-likeness (QED) is 0.600. The zero-order valence-corrected chi connectivity index (χ0v) is 13.6. The molecule has 2 aromatic carbocycles. The number of para-hydroxylation sites is 2. The average Bonchev–Trinajstić information content (AvgIpc) is 2.93. The highest BCUT2D eigenvalue weighted by molar-refractivity contribution is 6.43. The number of nitrogens with zero attached hydrogens (tertiary/aromatic N) is 2.